The standard InChI is InChI=1S/C26H36N8O4/c1-26(18-6-3-2-4-7-18,14-16-9-11-17(12-10-16)21(27)28)24(38)34-20(15-35)23(37)33-19(22(29)36)8-5-13-32-25(30)31/h2-4,6-7,9-12,19-20,35H,5,8,13-15H2,1H3,(H3,27,28)(H2,29,36)(H,33,37)(H,34,38)(H4,30,31,32)/t19-,20-,26+/m0/s1. The number of hydrogen-bond acceptors (Lipinski definition) is 6. The monoisotopic (exact) mass is 524 g/mol. The van der Waals surface area contributed by atoms with Crippen LogP contribution in [0.25, 0.3) is 0 Å². The fraction of sp³-hybridized carbons (Fsp3) is 0.346. The van der Waals surface area contributed by atoms with Crippen LogP contribution in [0, 0.1) is 5.41 Å². The molecule has 0 aromatic heterocycles. The van der Waals surface area contributed by atoms with Crippen molar-refractivity contribution in [2.45, 2.75) is 43.7 Å². The lowest BCUT2D eigenvalue weighted by Crippen LogP contribution is -2.57. The number of carbonyl (C=O) groups excluding carboxylic acids is 3. The molecule has 0 radical (unpaired) electrons. The maximum atomic E-state index is 13.6. The number of aliphatic hydroxyl groups is 1. The fourth-order valence-electron chi connectivity index (χ4n) is 3.90. The summed E-state index contributed by atoms with van der Waals surface area (Å²) in [6.45, 7) is 1.28. The minimum atomic E-state index is -1.33. The summed E-state index contributed by atoms with van der Waals surface area (Å²) in [6.07, 6.45) is 0.799. The van der Waals surface area contributed by atoms with Crippen LogP contribution in [0.5, 0.6) is 0 Å². The van der Waals surface area contributed by atoms with Crippen LogP contribution in [0.2, 0.25) is 0 Å². The number of hydrogen-bond donors (Lipinski definition) is 8. The van der Waals surface area contributed by atoms with Crippen molar-refractivity contribution in [2.75, 3.05) is 13.2 Å². The number of nitrogens with zero attached hydrogens (tertiary/aromatic N) is 1. The van der Waals surface area contributed by atoms with E-state index in [0.29, 0.717) is 17.5 Å². The van der Waals surface area contributed by atoms with E-state index in [1.165, 1.54) is 0 Å². The molecule has 2 aromatic carbocycles. The highest BCUT2D eigenvalue weighted by molar-refractivity contribution is 5.96. The molecule has 0 heterocycles. The van der Waals surface area contributed by atoms with Gasteiger partial charge in [-0.2, -0.15) is 0 Å². The summed E-state index contributed by atoms with van der Waals surface area (Å²) < 4.78 is 0. The summed E-state index contributed by atoms with van der Waals surface area (Å²) in [6, 6.07) is 13.6. The van der Waals surface area contributed by atoms with Crippen LogP contribution in [0.4, 0.5) is 0 Å². The van der Waals surface area contributed by atoms with Crippen LogP contribution >= 0.6 is 0 Å². The summed E-state index contributed by atoms with van der Waals surface area (Å²) in [5, 5.41) is 22.6. The first-order valence-corrected chi connectivity index (χ1v) is 12.0. The molecule has 0 spiro atoms. The topological polar surface area (TPSA) is 236 Å². The lowest BCUT2D eigenvalue weighted by atomic mass is 9.76. The Morgan fingerprint density at radius 2 is 1.61 bits per heavy atom. The Labute approximate surface area is 221 Å². The smallest absolute Gasteiger partial charge is 0.245 e. The Kier molecular flexibility index (Phi) is 10.8. The molecule has 12 nitrogen and oxygen atoms in total. The average Bonchev–Trinajstić information content (AvgIpc) is 2.89. The number of aliphatic hydroxyl groups excluding tert-OH is 1. The molecule has 12 N–H and O–H groups in total. The molecule has 38 heavy (non-hydrogen) atoms. The van der Waals surface area contributed by atoms with Gasteiger partial charge in [0.15, 0.2) is 5.96 Å². The highest BCUT2D eigenvalue weighted by Crippen LogP contribution is 2.29. The summed E-state index contributed by atoms with van der Waals surface area (Å²) in [4.78, 5) is 42.2. The van der Waals surface area contributed by atoms with Gasteiger partial charge in [-0.1, -0.05) is 54.6 Å². The number of primary amides is 1. The Morgan fingerprint density at radius 1 is 0.974 bits per heavy atom. The molecule has 2 aromatic rings. The van der Waals surface area contributed by atoms with Gasteiger partial charge in [-0.05, 0) is 37.3 Å². The van der Waals surface area contributed by atoms with Crippen LogP contribution < -0.4 is 33.6 Å². The van der Waals surface area contributed by atoms with Crippen LogP contribution in [-0.4, -0.2) is 59.9 Å². The van der Waals surface area contributed by atoms with E-state index in [-0.39, 0.29) is 31.2 Å². The van der Waals surface area contributed by atoms with Crippen molar-refractivity contribution >= 4 is 29.5 Å². The number of benzene rings is 2. The molecule has 0 bridgehead atoms. The lowest BCUT2D eigenvalue weighted by Gasteiger charge is -2.31. The molecule has 0 fully saturated rings. The second kappa shape index (κ2) is 13.7. The predicted molar refractivity (Wildman–Crippen MR) is 145 cm³/mol. The zero-order valence-electron chi connectivity index (χ0n) is 21.3. The summed E-state index contributed by atoms with van der Waals surface area (Å²) >= 11 is 0. The Morgan fingerprint density at radius 3 is 2.13 bits per heavy atom. The minimum Gasteiger partial charge on any atom is -0.394 e. The number of rotatable bonds is 14. The lowest BCUT2D eigenvalue weighted by molar-refractivity contribution is -0.134. The van der Waals surface area contributed by atoms with Gasteiger partial charge in [-0.15, -0.1) is 0 Å². The predicted octanol–water partition coefficient (Wildman–Crippen LogP) is -1.03. The molecule has 12 heteroatoms. The Balaban J connectivity index is 2.21. The van der Waals surface area contributed by atoms with Gasteiger partial charge in [-0.25, -0.2) is 0 Å². The maximum absolute atomic E-state index is 13.6. The highest BCUT2D eigenvalue weighted by atomic mass is 16.3. The number of amidine groups is 1. The zero-order chi connectivity index (χ0) is 28.3. The third kappa shape index (κ3) is 8.30. The first-order chi connectivity index (χ1) is 18.0. The van der Waals surface area contributed by atoms with Crippen molar-refractivity contribution in [3.63, 3.8) is 0 Å². The van der Waals surface area contributed by atoms with Gasteiger partial charge in [0.1, 0.15) is 17.9 Å². The number of amides is 3. The van der Waals surface area contributed by atoms with Crippen molar-refractivity contribution < 1.29 is 19.5 Å². The van der Waals surface area contributed by atoms with Crippen LogP contribution in [-0.2, 0) is 26.2 Å². The van der Waals surface area contributed by atoms with Gasteiger partial charge in [-0.3, -0.25) is 24.8 Å². The maximum Gasteiger partial charge on any atom is 0.245 e. The normalized spacial score (nSPS) is 13.8. The van der Waals surface area contributed by atoms with Crippen LogP contribution in [0.15, 0.2) is 59.6 Å². The largest absolute Gasteiger partial charge is 0.394 e. The number of aliphatic imine (C=N–C) groups is 1. The van der Waals surface area contributed by atoms with E-state index in [9.17, 15) is 19.5 Å². The number of nitrogens with two attached hydrogens (primary N) is 4. The SMILES string of the molecule is C[C@](Cc1ccc(C(=N)N)cc1)(C(=O)N[C@@H](CO)C(=O)N[C@@H](CCCN=C(N)N)C(N)=O)c1ccccc1. The van der Waals surface area contributed by atoms with Crippen molar-refractivity contribution in [3.8, 4) is 0 Å². The van der Waals surface area contributed by atoms with E-state index < -0.39 is 41.8 Å². The molecule has 0 aliphatic carbocycles. The van der Waals surface area contributed by atoms with E-state index in [2.05, 4.69) is 15.6 Å². The van der Waals surface area contributed by atoms with Gasteiger partial charge < -0.3 is 38.7 Å². The molecule has 3 atom stereocenters. The van der Waals surface area contributed by atoms with E-state index in [0.717, 1.165) is 5.56 Å². The van der Waals surface area contributed by atoms with Crippen molar-refractivity contribution in [1.82, 2.24) is 10.6 Å². The number of nitrogen functional groups attached to an aromatic ring is 1. The van der Waals surface area contributed by atoms with Crippen molar-refractivity contribution in [2.24, 2.45) is 27.9 Å². The zero-order valence-corrected chi connectivity index (χ0v) is 21.3. The Bertz CT molecular complexity index is 1150. The first kappa shape index (κ1) is 29.8. The van der Waals surface area contributed by atoms with Crippen LogP contribution in [0.1, 0.15) is 36.5 Å². The fourth-order valence-corrected chi connectivity index (χ4v) is 3.90. The molecule has 0 saturated heterocycles. The van der Waals surface area contributed by atoms with E-state index in [1.54, 1.807) is 55.5 Å². The van der Waals surface area contributed by atoms with E-state index in [1.807, 2.05) is 6.07 Å². The summed E-state index contributed by atoms with van der Waals surface area (Å²) in [5.74, 6) is -2.19. The Hall–Kier alpha value is -4.45. The van der Waals surface area contributed by atoms with E-state index >= 15 is 0 Å². The van der Waals surface area contributed by atoms with E-state index in [4.69, 9.17) is 28.3 Å². The highest BCUT2D eigenvalue weighted by Gasteiger charge is 2.38. The molecule has 0 aliphatic rings. The van der Waals surface area contributed by atoms with Gasteiger partial charge in [0.2, 0.25) is 17.7 Å². The number of guanidine groups is 1. The van der Waals surface area contributed by atoms with Gasteiger partial charge in [0.25, 0.3) is 0 Å². The number of carbonyl (C=O) groups is 3. The molecule has 2 rings (SSSR count). The second-order valence-corrected chi connectivity index (χ2v) is 9.11. The molecule has 3 amide bonds. The van der Waals surface area contributed by atoms with Gasteiger partial charge in [0.05, 0.1) is 12.0 Å². The van der Waals surface area contributed by atoms with Crippen molar-refractivity contribution in [1.29, 1.82) is 5.41 Å². The molecular formula is C26H36N8O4. The van der Waals surface area contributed by atoms with Crippen LogP contribution in [0.3, 0.4) is 0 Å². The van der Waals surface area contributed by atoms with Gasteiger partial charge in [0, 0.05) is 12.1 Å². The third-order valence-electron chi connectivity index (χ3n) is 6.14. The molecular weight excluding hydrogens is 488 g/mol. The average molecular weight is 525 g/mol. The summed E-state index contributed by atoms with van der Waals surface area (Å²) in [5.41, 5.74) is 22.4. The molecule has 0 aliphatic heterocycles. The quantitative estimate of drug-likeness (QED) is 0.0868. The minimum absolute atomic E-state index is 0.0672. The second-order valence-electron chi connectivity index (χ2n) is 9.11. The molecule has 204 valence electrons. The molecule has 0 unspecified atom stereocenters. The van der Waals surface area contributed by atoms with Crippen molar-refractivity contribution in [3.05, 3.63) is 71.3 Å². The third-order valence-corrected chi connectivity index (χ3v) is 6.14. The first-order valence-electron chi connectivity index (χ1n) is 12.0. The summed E-state index contributed by atoms with van der Waals surface area (Å²) in [7, 11) is 0. The van der Waals surface area contributed by atoms with Gasteiger partial charge >= 0.3 is 0 Å². The molecule has 0 saturated carbocycles. The number of nitrogens with one attached hydrogen (secondary N) is 3.